The molecule has 0 radical (unpaired) electrons. The van der Waals surface area contributed by atoms with Crippen LogP contribution in [0.1, 0.15) is 24.0 Å². The van der Waals surface area contributed by atoms with Gasteiger partial charge in [0.2, 0.25) is 11.8 Å². The molecule has 4 nitrogen and oxygen atoms in total. The van der Waals surface area contributed by atoms with Gasteiger partial charge in [0, 0.05) is 32.0 Å². The first-order valence-electron chi connectivity index (χ1n) is 7.36. The molecule has 3 rings (SSSR count). The van der Waals surface area contributed by atoms with Gasteiger partial charge >= 0.3 is 0 Å². The van der Waals surface area contributed by atoms with Crippen LogP contribution in [0, 0.1) is 5.92 Å². The molecule has 1 aliphatic carbocycles. The molecule has 1 fully saturated rings. The van der Waals surface area contributed by atoms with Crippen molar-refractivity contribution in [1.29, 1.82) is 0 Å². The lowest BCUT2D eigenvalue weighted by molar-refractivity contribution is -0.135. The van der Waals surface area contributed by atoms with Crippen LogP contribution in [0.5, 0.6) is 0 Å². The van der Waals surface area contributed by atoms with E-state index in [2.05, 4.69) is 23.5 Å². The monoisotopic (exact) mass is 272 g/mol. The lowest BCUT2D eigenvalue weighted by Gasteiger charge is -2.29. The number of carbonyl (C=O) groups excluding carboxylic acids is 2. The standard InChI is InChI=1S/C16H20N2O2/c19-15-7-9-18(10-8-17-15)16(20)14-6-5-12-3-1-2-4-13(12)11-14/h1-4,14H,5-11H2,(H,17,19)/t14-/m1/s1. The largest absolute Gasteiger partial charge is 0.354 e. The van der Waals surface area contributed by atoms with Crippen LogP contribution in [0.3, 0.4) is 0 Å². The van der Waals surface area contributed by atoms with E-state index in [1.54, 1.807) is 0 Å². The Morgan fingerprint density at radius 3 is 2.80 bits per heavy atom. The maximum Gasteiger partial charge on any atom is 0.226 e. The topological polar surface area (TPSA) is 49.4 Å². The molecule has 20 heavy (non-hydrogen) atoms. The van der Waals surface area contributed by atoms with Crippen LogP contribution in [0.25, 0.3) is 0 Å². The van der Waals surface area contributed by atoms with Crippen molar-refractivity contribution < 1.29 is 9.59 Å². The van der Waals surface area contributed by atoms with E-state index in [4.69, 9.17) is 0 Å². The Kier molecular flexibility index (Phi) is 3.72. The molecule has 1 saturated heterocycles. The summed E-state index contributed by atoms with van der Waals surface area (Å²) in [7, 11) is 0. The molecule has 1 aliphatic heterocycles. The minimum absolute atomic E-state index is 0.0503. The summed E-state index contributed by atoms with van der Waals surface area (Å²) in [5.41, 5.74) is 2.69. The van der Waals surface area contributed by atoms with E-state index in [0.717, 1.165) is 19.3 Å². The normalized spacial score (nSPS) is 22.7. The molecule has 1 heterocycles. The third-order valence-electron chi connectivity index (χ3n) is 4.32. The predicted molar refractivity (Wildman–Crippen MR) is 76.2 cm³/mol. The van der Waals surface area contributed by atoms with Crippen molar-refractivity contribution in [2.75, 3.05) is 19.6 Å². The van der Waals surface area contributed by atoms with E-state index < -0.39 is 0 Å². The third kappa shape index (κ3) is 2.69. The first kappa shape index (κ1) is 13.2. The van der Waals surface area contributed by atoms with Gasteiger partial charge in [0.25, 0.3) is 0 Å². The number of hydrogen-bond donors (Lipinski definition) is 1. The van der Waals surface area contributed by atoms with Gasteiger partial charge in [0.05, 0.1) is 0 Å². The molecule has 4 heteroatoms. The molecular formula is C16H20N2O2. The molecule has 2 amide bonds. The number of carbonyl (C=O) groups is 2. The molecule has 1 aromatic rings. The van der Waals surface area contributed by atoms with Crippen LogP contribution in [-0.2, 0) is 22.4 Å². The Hall–Kier alpha value is -1.84. The Balaban J connectivity index is 1.68. The fourth-order valence-electron chi connectivity index (χ4n) is 3.15. The highest BCUT2D eigenvalue weighted by Crippen LogP contribution is 2.26. The maximum atomic E-state index is 12.6. The SMILES string of the molecule is O=C1CCN(C(=O)[C@@H]2CCc3ccccc3C2)CCN1. The molecule has 106 valence electrons. The Morgan fingerprint density at radius 1 is 1.15 bits per heavy atom. The summed E-state index contributed by atoms with van der Waals surface area (Å²) in [5.74, 6) is 0.350. The van der Waals surface area contributed by atoms with Crippen molar-refractivity contribution in [1.82, 2.24) is 10.2 Å². The Morgan fingerprint density at radius 2 is 1.95 bits per heavy atom. The lowest BCUT2D eigenvalue weighted by Crippen LogP contribution is -2.40. The van der Waals surface area contributed by atoms with Gasteiger partial charge in [-0.05, 0) is 30.4 Å². The fraction of sp³-hybridized carbons (Fsp3) is 0.500. The molecule has 0 saturated carbocycles. The number of nitrogens with zero attached hydrogens (tertiary/aromatic N) is 1. The quantitative estimate of drug-likeness (QED) is 0.833. The zero-order chi connectivity index (χ0) is 13.9. The predicted octanol–water partition coefficient (Wildman–Crippen LogP) is 1.14. The van der Waals surface area contributed by atoms with Gasteiger partial charge in [-0.1, -0.05) is 24.3 Å². The van der Waals surface area contributed by atoms with Gasteiger partial charge < -0.3 is 10.2 Å². The number of amides is 2. The third-order valence-corrected chi connectivity index (χ3v) is 4.32. The number of rotatable bonds is 1. The van der Waals surface area contributed by atoms with E-state index >= 15 is 0 Å². The van der Waals surface area contributed by atoms with E-state index in [9.17, 15) is 9.59 Å². The number of fused-ring (bicyclic) bond motifs is 1. The van der Waals surface area contributed by atoms with E-state index in [-0.39, 0.29) is 17.7 Å². The average molecular weight is 272 g/mol. The van der Waals surface area contributed by atoms with Gasteiger partial charge in [0.1, 0.15) is 0 Å². The van der Waals surface area contributed by atoms with Crippen LogP contribution in [0.4, 0.5) is 0 Å². The second-order valence-electron chi connectivity index (χ2n) is 5.63. The van der Waals surface area contributed by atoms with Crippen molar-refractivity contribution in [2.45, 2.75) is 25.7 Å². The summed E-state index contributed by atoms with van der Waals surface area (Å²) in [6, 6.07) is 8.39. The molecular weight excluding hydrogens is 252 g/mol. The van der Waals surface area contributed by atoms with Gasteiger partial charge in [-0.15, -0.1) is 0 Å². The Labute approximate surface area is 119 Å². The van der Waals surface area contributed by atoms with Crippen molar-refractivity contribution in [3.8, 4) is 0 Å². The summed E-state index contributed by atoms with van der Waals surface area (Å²) in [6.07, 6.45) is 3.17. The highest BCUT2D eigenvalue weighted by atomic mass is 16.2. The lowest BCUT2D eigenvalue weighted by atomic mass is 9.83. The number of benzene rings is 1. The summed E-state index contributed by atoms with van der Waals surface area (Å²) >= 11 is 0. The molecule has 0 unspecified atom stereocenters. The zero-order valence-electron chi connectivity index (χ0n) is 11.6. The zero-order valence-corrected chi connectivity index (χ0v) is 11.6. The van der Waals surface area contributed by atoms with Crippen LogP contribution < -0.4 is 5.32 Å². The second kappa shape index (κ2) is 5.65. The van der Waals surface area contributed by atoms with Crippen LogP contribution >= 0.6 is 0 Å². The summed E-state index contributed by atoms with van der Waals surface area (Å²) in [6.45, 7) is 1.78. The molecule has 1 N–H and O–H groups in total. The van der Waals surface area contributed by atoms with Gasteiger partial charge in [-0.2, -0.15) is 0 Å². The Bertz CT molecular complexity index is 527. The summed E-state index contributed by atoms with van der Waals surface area (Å²) in [4.78, 5) is 25.8. The van der Waals surface area contributed by atoms with Gasteiger partial charge in [-0.3, -0.25) is 9.59 Å². The first-order valence-corrected chi connectivity index (χ1v) is 7.36. The van der Waals surface area contributed by atoms with E-state index in [1.165, 1.54) is 11.1 Å². The van der Waals surface area contributed by atoms with Crippen molar-refractivity contribution in [3.63, 3.8) is 0 Å². The maximum absolute atomic E-state index is 12.6. The first-order chi connectivity index (χ1) is 9.74. The molecule has 0 aromatic heterocycles. The number of nitrogens with one attached hydrogen (secondary N) is 1. The highest BCUT2D eigenvalue weighted by molar-refractivity contribution is 5.82. The van der Waals surface area contributed by atoms with E-state index in [0.29, 0.717) is 26.1 Å². The number of hydrogen-bond acceptors (Lipinski definition) is 2. The molecule has 2 aliphatic rings. The molecule has 0 bridgehead atoms. The fourth-order valence-corrected chi connectivity index (χ4v) is 3.15. The van der Waals surface area contributed by atoms with Gasteiger partial charge in [0.15, 0.2) is 0 Å². The van der Waals surface area contributed by atoms with Gasteiger partial charge in [-0.25, -0.2) is 0 Å². The van der Waals surface area contributed by atoms with Crippen molar-refractivity contribution >= 4 is 11.8 Å². The van der Waals surface area contributed by atoms with E-state index in [1.807, 2.05) is 11.0 Å². The smallest absolute Gasteiger partial charge is 0.226 e. The highest BCUT2D eigenvalue weighted by Gasteiger charge is 2.29. The average Bonchev–Trinajstić information content (AvgIpc) is 2.71. The second-order valence-corrected chi connectivity index (χ2v) is 5.63. The van der Waals surface area contributed by atoms with Crippen LogP contribution in [-0.4, -0.2) is 36.3 Å². The van der Waals surface area contributed by atoms with Crippen LogP contribution in [0.15, 0.2) is 24.3 Å². The minimum Gasteiger partial charge on any atom is -0.354 e. The number of aryl methyl sites for hydroxylation is 1. The molecule has 0 spiro atoms. The van der Waals surface area contributed by atoms with Crippen molar-refractivity contribution in [3.05, 3.63) is 35.4 Å². The van der Waals surface area contributed by atoms with Crippen molar-refractivity contribution in [2.24, 2.45) is 5.92 Å². The molecule has 1 atom stereocenters. The summed E-state index contributed by atoms with van der Waals surface area (Å²) < 4.78 is 0. The van der Waals surface area contributed by atoms with Crippen LogP contribution in [0.2, 0.25) is 0 Å². The minimum atomic E-state index is 0.0503. The molecule has 1 aromatic carbocycles. The summed E-state index contributed by atoms with van der Waals surface area (Å²) in [5, 5.41) is 2.82.